The zero-order chi connectivity index (χ0) is 16.0. The van der Waals surface area contributed by atoms with Crippen molar-refractivity contribution in [1.29, 1.82) is 0 Å². The smallest absolute Gasteiger partial charge is 0.226 e. The van der Waals surface area contributed by atoms with Crippen LogP contribution in [-0.4, -0.2) is 26.1 Å². The molecule has 0 bridgehead atoms. The number of nitrogens with zero attached hydrogens (tertiary/aromatic N) is 2. The van der Waals surface area contributed by atoms with Crippen LogP contribution in [0.3, 0.4) is 0 Å². The number of thiophene rings is 1. The molecule has 3 aromatic rings. The number of anilines is 1. The highest BCUT2D eigenvalue weighted by atomic mass is 32.1. The number of H-pyrrole nitrogens is 2. The van der Waals surface area contributed by atoms with Crippen LogP contribution >= 0.6 is 11.3 Å². The summed E-state index contributed by atoms with van der Waals surface area (Å²) in [5.41, 5.74) is 3.97. The second-order valence-electron chi connectivity index (χ2n) is 5.69. The SMILES string of the molecule is CCc1nc(C2CC(=O)Nc3n[nH]c(-c4cccs4)c32)c(C)[nH]1. The topological polar surface area (TPSA) is 86.5 Å². The molecule has 3 N–H and O–H groups in total. The van der Waals surface area contributed by atoms with Crippen molar-refractivity contribution < 1.29 is 4.79 Å². The Bertz CT molecular complexity index is 861. The van der Waals surface area contributed by atoms with Crippen molar-refractivity contribution in [3.05, 3.63) is 40.3 Å². The molecule has 0 saturated carbocycles. The number of hydrogen-bond donors (Lipinski definition) is 3. The van der Waals surface area contributed by atoms with Gasteiger partial charge in [0.2, 0.25) is 5.91 Å². The predicted octanol–water partition coefficient (Wildman–Crippen LogP) is 3.21. The van der Waals surface area contributed by atoms with Gasteiger partial charge in [-0.1, -0.05) is 13.0 Å². The number of imidazole rings is 1. The fourth-order valence-electron chi connectivity index (χ4n) is 3.14. The Labute approximate surface area is 137 Å². The zero-order valence-corrected chi connectivity index (χ0v) is 13.8. The molecule has 0 aromatic carbocycles. The Morgan fingerprint density at radius 2 is 2.30 bits per heavy atom. The number of carbonyl (C=O) groups is 1. The minimum Gasteiger partial charge on any atom is -0.346 e. The summed E-state index contributed by atoms with van der Waals surface area (Å²) in [6.07, 6.45) is 1.23. The summed E-state index contributed by atoms with van der Waals surface area (Å²) >= 11 is 1.65. The highest BCUT2D eigenvalue weighted by Crippen LogP contribution is 2.42. The van der Waals surface area contributed by atoms with Gasteiger partial charge in [-0.2, -0.15) is 5.10 Å². The summed E-state index contributed by atoms with van der Waals surface area (Å²) in [6.45, 7) is 4.08. The number of rotatable bonds is 3. The fourth-order valence-corrected chi connectivity index (χ4v) is 3.88. The summed E-state index contributed by atoms with van der Waals surface area (Å²) in [4.78, 5) is 21.2. The van der Waals surface area contributed by atoms with Gasteiger partial charge in [-0.05, 0) is 18.4 Å². The van der Waals surface area contributed by atoms with Gasteiger partial charge in [0.05, 0.1) is 16.3 Å². The van der Waals surface area contributed by atoms with Crippen LogP contribution in [0, 0.1) is 6.92 Å². The lowest BCUT2D eigenvalue weighted by atomic mass is 9.88. The van der Waals surface area contributed by atoms with E-state index < -0.39 is 0 Å². The Morgan fingerprint density at radius 1 is 1.43 bits per heavy atom. The molecule has 23 heavy (non-hydrogen) atoms. The van der Waals surface area contributed by atoms with E-state index in [1.165, 1.54) is 0 Å². The van der Waals surface area contributed by atoms with Crippen molar-refractivity contribution in [1.82, 2.24) is 20.2 Å². The molecule has 1 aliphatic rings. The van der Waals surface area contributed by atoms with Crippen molar-refractivity contribution in [3.8, 4) is 10.6 Å². The van der Waals surface area contributed by atoms with Gasteiger partial charge in [0, 0.05) is 30.0 Å². The largest absolute Gasteiger partial charge is 0.346 e. The van der Waals surface area contributed by atoms with Gasteiger partial charge in [0.15, 0.2) is 5.82 Å². The molecule has 1 aliphatic heterocycles. The van der Waals surface area contributed by atoms with Crippen molar-refractivity contribution in [2.75, 3.05) is 5.32 Å². The summed E-state index contributed by atoms with van der Waals surface area (Å²) in [7, 11) is 0. The maximum Gasteiger partial charge on any atom is 0.226 e. The molecular weight excluding hydrogens is 310 g/mol. The molecule has 0 aliphatic carbocycles. The van der Waals surface area contributed by atoms with Gasteiger partial charge < -0.3 is 10.3 Å². The van der Waals surface area contributed by atoms with Crippen LogP contribution in [0.4, 0.5) is 5.82 Å². The molecule has 0 radical (unpaired) electrons. The van der Waals surface area contributed by atoms with Gasteiger partial charge >= 0.3 is 0 Å². The quantitative estimate of drug-likeness (QED) is 0.690. The predicted molar refractivity (Wildman–Crippen MR) is 89.7 cm³/mol. The first-order valence-electron chi connectivity index (χ1n) is 7.64. The average Bonchev–Trinajstić information content (AvgIpc) is 3.24. The third-order valence-corrected chi connectivity index (χ3v) is 5.09. The maximum absolute atomic E-state index is 12.1. The fraction of sp³-hybridized carbons (Fsp3) is 0.312. The summed E-state index contributed by atoms with van der Waals surface area (Å²) < 4.78 is 0. The van der Waals surface area contributed by atoms with Gasteiger partial charge in [0.25, 0.3) is 0 Å². The van der Waals surface area contributed by atoms with E-state index in [9.17, 15) is 4.79 Å². The van der Waals surface area contributed by atoms with Crippen LogP contribution < -0.4 is 5.32 Å². The van der Waals surface area contributed by atoms with Crippen LogP contribution in [0.15, 0.2) is 17.5 Å². The maximum atomic E-state index is 12.1. The van der Waals surface area contributed by atoms with Crippen molar-refractivity contribution in [2.45, 2.75) is 32.6 Å². The van der Waals surface area contributed by atoms with E-state index in [0.717, 1.165) is 39.8 Å². The minimum atomic E-state index is -0.0776. The van der Waals surface area contributed by atoms with E-state index >= 15 is 0 Å². The van der Waals surface area contributed by atoms with E-state index in [4.69, 9.17) is 4.98 Å². The first kappa shape index (κ1) is 14.2. The minimum absolute atomic E-state index is 0.0211. The van der Waals surface area contributed by atoms with Gasteiger partial charge in [-0.15, -0.1) is 11.3 Å². The average molecular weight is 327 g/mol. The first-order chi connectivity index (χ1) is 11.2. The van der Waals surface area contributed by atoms with E-state index in [2.05, 4.69) is 33.5 Å². The number of hydrogen-bond acceptors (Lipinski definition) is 4. The lowest BCUT2D eigenvalue weighted by Gasteiger charge is -2.22. The molecule has 118 valence electrons. The highest BCUT2D eigenvalue weighted by Gasteiger charge is 2.34. The monoisotopic (exact) mass is 327 g/mol. The van der Waals surface area contributed by atoms with Crippen molar-refractivity contribution in [2.24, 2.45) is 0 Å². The third kappa shape index (κ3) is 2.28. The molecular formula is C16H17N5OS. The zero-order valence-electron chi connectivity index (χ0n) is 12.9. The number of aromatic nitrogens is 4. The van der Waals surface area contributed by atoms with Crippen molar-refractivity contribution in [3.63, 3.8) is 0 Å². The molecule has 4 rings (SSSR count). The number of aromatic amines is 2. The van der Waals surface area contributed by atoms with Crippen LogP contribution in [0.25, 0.3) is 10.6 Å². The Kier molecular flexibility index (Phi) is 3.30. The molecule has 6 nitrogen and oxygen atoms in total. The molecule has 0 spiro atoms. The number of aryl methyl sites for hydroxylation is 2. The molecule has 4 heterocycles. The normalized spacial score (nSPS) is 17.1. The number of fused-ring (bicyclic) bond motifs is 1. The Hall–Kier alpha value is -2.41. The van der Waals surface area contributed by atoms with Crippen molar-refractivity contribution >= 4 is 23.1 Å². The van der Waals surface area contributed by atoms with E-state index in [0.29, 0.717) is 12.2 Å². The summed E-state index contributed by atoms with van der Waals surface area (Å²) in [5.74, 6) is 1.47. The lowest BCUT2D eigenvalue weighted by Crippen LogP contribution is -2.24. The van der Waals surface area contributed by atoms with E-state index in [1.807, 2.05) is 18.4 Å². The van der Waals surface area contributed by atoms with E-state index in [1.54, 1.807) is 11.3 Å². The Balaban J connectivity index is 1.88. The van der Waals surface area contributed by atoms with Gasteiger partial charge in [0.1, 0.15) is 5.82 Å². The number of nitrogens with one attached hydrogen (secondary N) is 3. The summed E-state index contributed by atoms with van der Waals surface area (Å²) in [6, 6.07) is 4.07. The molecule has 1 atom stereocenters. The summed E-state index contributed by atoms with van der Waals surface area (Å²) in [5, 5.41) is 12.3. The van der Waals surface area contributed by atoms with Crippen LogP contribution in [0.5, 0.6) is 0 Å². The second-order valence-corrected chi connectivity index (χ2v) is 6.64. The van der Waals surface area contributed by atoms with Crippen LogP contribution in [0.2, 0.25) is 0 Å². The highest BCUT2D eigenvalue weighted by molar-refractivity contribution is 7.13. The molecule has 3 aromatic heterocycles. The molecule has 1 unspecified atom stereocenters. The molecule has 1 amide bonds. The van der Waals surface area contributed by atoms with Gasteiger partial charge in [-0.25, -0.2) is 4.98 Å². The number of amides is 1. The first-order valence-corrected chi connectivity index (χ1v) is 8.52. The van der Waals surface area contributed by atoms with Crippen LogP contribution in [-0.2, 0) is 11.2 Å². The van der Waals surface area contributed by atoms with Gasteiger partial charge in [-0.3, -0.25) is 9.89 Å². The molecule has 0 saturated heterocycles. The number of carbonyl (C=O) groups excluding carboxylic acids is 1. The molecule has 0 fully saturated rings. The van der Waals surface area contributed by atoms with E-state index in [-0.39, 0.29) is 11.8 Å². The van der Waals surface area contributed by atoms with Crippen LogP contribution in [0.1, 0.15) is 42.0 Å². The molecule has 7 heteroatoms. The third-order valence-electron chi connectivity index (χ3n) is 4.20. The lowest BCUT2D eigenvalue weighted by molar-refractivity contribution is -0.116. The second kappa shape index (κ2) is 5.34. The Morgan fingerprint density at radius 3 is 3.00 bits per heavy atom. The standard InChI is InChI=1S/C16H17N5OS/c1-3-11-17-8(2)14(18-11)9-7-12(22)19-16-13(9)15(20-21-16)10-5-4-6-23-10/h4-6,9H,3,7H2,1-2H3,(H,17,18)(H2,19,20,21,22).